The average Bonchev–Trinajstić information content (AvgIpc) is 2.70. The van der Waals surface area contributed by atoms with Crippen LogP contribution in [0.15, 0.2) is 54.7 Å². The van der Waals surface area contributed by atoms with E-state index in [-0.39, 0.29) is 0 Å². The molecule has 1 saturated heterocycles. The summed E-state index contributed by atoms with van der Waals surface area (Å²) in [5, 5.41) is 2.61. The summed E-state index contributed by atoms with van der Waals surface area (Å²) < 4.78 is 4.57. The van der Waals surface area contributed by atoms with Gasteiger partial charge in [0, 0.05) is 32.7 Å². The first-order chi connectivity index (χ1) is 12.7. The Morgan fingerprint density at radius 2 is 1.92 bits per heavy atom. The standard InChI is InChI=1S/C20H24N4O2/c1-26-20(25)22-18-9-10-19(21-16-18)24-14-12-23(13-15-24)11-5-8-17-6-3-2-4-7-17/h2-10,16H,11-15H2,1H3,(H,22,25)/b8-5+. The second-order valence-electron chi connectivity index (χ2n) is 6.12. The third-order valence-corrected chi connectivity index (χ3v) is 4.35. The monoisotopic (exact) mass is 352 g/mol. The van der Waals surface area contributed by atoms with Crippen LogP contribution in [0.3, 0.4) is 0 Å². The Hall–Kier alpha value is -2.86. The number of aromatic nitrogens is 1. The van der Waals surface area contributed by atoms with Gasteiger partial charge in [-0.2, -0.15) is 0 Å². The highest BCUT2D eigenvalue weighted by atomic mass is 16.5. The van der Waals surface area contributed by atoms with E-state index < -0.39 is 6.09 Å². The van der Waals surface area contributed by atoms with E-state index in [1.165, 1.54) is 12.7 Å². The fourth-order valence-electron chi connectivity index (χ4n) is 2.88. The zero-order valence-corrected chi connectivity index (χ0v) is 15.0. The number of anilines is 2. The number of pyridine rings is 1. The van der Waals surface area contributed by atoms with Gasteiger partial charge in [0.1, 0.15) is 5.82 Å². The van der Waals surface area contributed by atoms with Crippen LogP contribution in [-0.4, -0.2) is 55.8 Å². The average molecular weight is 352 g/mol. The summed E-state index contributed by atoms with van der Waals surface area (Å²) in [5.41, 5.74) is 1.86. The van der Waals surface area contributed by atoms with Crippen molar-refractivity contribution in [2.75, 3.05) is 50.1 Å². The molecule has 2 aromatic rings. The van der Waals surface area contributed by atoms with Crippen molar-refractivity contribution in [3.63, 3.8) is 0 Å². The van der Waals surface area contributed by atoms with Crippen LogP contribution in [0.2, 0.25) is 0 Å². The second-order valence-corrected chi connectivity index (χ2v) is 6.12. The molecule has 1 fully saturated rings. The molecule has 1 aliphatic heterocycles. The van der Waals surface area contributed by atoms with E-state index in [0.717, 1.165) is 38.5 Å². The predicted molar refractivity (Wildman–Crippen MR) is 104 cm³/mol. The summed E-state index contributed by atoms with van der Waals surface area (Å²) in [6, 6.07) is 14.1. The Morgan fingerprint density at radius 3 is 2.58 bits per heavy atom. The smallest absolute Gasteiger partial charge is 0.411 e. The molecule has 6 nitrogen and oxygen atoms in total. The molecule has 2 heterocycles. The van der Waals surface area contributed by atoms with Crippen LogP contribution in [0.5, 0.6) is 0 Å². The molecular formula is C20H24N4O2. The van der Waals surface area contributed by atoms with Gasteiger partial charge in [0.05, 0.1) is 19.0 Å². The van der Waals surface area contributed by atoms with Gasteiger partial charge in [-0.1, -0.05) is 42.5 Å². The van der Waals surface area contributed by atoms with Crippen molar-refractivity contribution in [3.8, 4) is 0 Å². The highest BCUT2D eigenvalue weighted by Gasteiger charge is 2.17. The molecule has 0 aliphatic carbocycles. The molecule has 1 amide bonds. The molecule has 0 radical (unpaired) electrons. The number of piperazine rings is 1. The van der Waals surface area contributed by atoms with Crippen LogP contribution in [0, 0.1) is 0 Å². The van der Waals surface area contributed by atoms with Crippen LogP contribution < -0.4 is 10.2 Å². The number of carbonyl (C=O) groups is 1. The van der Waals surface area contributed by atoms with Gasteiger partial charge in [-0.05, 0) is 17.7 Å². The van der Waals surface area contributed by atoms with Crippen LogP contribution in [0.4, 0.5) is 16.3 Å². The molecule has 0 bridgehead atoms. The maximum absolute atomic E-state index is 11.2. The Balaban J connectivity index is 1.46. The zero-order valence-electron chi connectivity index (χ0n) is 15.0. The molecule has 136 valence electrons. The molecule has 0 unspecified atom stereocenters. The number of carbonyl (C=O) groups excluding carboxylic acids is 1. The number of hydrogen-bond acceptors (Lipinski definition) is 5. The van der Waals surface area contributed by atoms with Crippen molar-refractivity contribution < 1.29 is 9.53 Å². The van der Waals surface area contributed by atoms with Gasteiger partial charge < -0.3 is 9.64 Å². The van der Waals surface area contributed by atoms with E-state index in [1.807, 2.05) is 18.2 Å². The van der Waals surface area contributed by atoms with Crippen LogP contribution in [0.1, 0.15) is 5.56 Å². The van der Waals surface area contributed by atoms with Crippen LogP contribution >= 0.6 is 0 Å². The third-order valence-electron chi connectivity index (χ3n) is 4.35. The van der Waals surface area contributed by atoms with Gasteiger partial charge in [0.15, 0.2) is 0 Å². The SMILES string of the molecule is COC(=O)Nc1ccc(N2CCN(C/C=C/c3ccccc3)CC2)nc1. The molecular weight excluding hydrogens is 328 g/mol. The number of nitrogens with one attached hydrogen (secondary N) is 1. The summed E-state index contributed by atoms with van der Waals surface area (Å²) in [6.45, 7) is 4.84. The lowest BCUT2D eigenvalue weighted by Crippen LogP contribution is -2.46. The highest BCUT2D eigenvalue weighted by Crippen LogP contribution is 2.16. The van der Waals surface area contributed by atoms with Gasteiger partial charge in [-0.25, -0.2) is 9.78 Å². The maximum Gasteiger partial charge on any atom is 0.411 e. The Kier molecular flexibility index (Phi) is 6.22. The molecule has 3 rings (SSSR count). The first-order valence-corrected chi connectivity index (χ1v) is 8.74. The lowest BCUT2D eigenvalue weighted by Gasteiger charge is -2.34. The number of hydrogen-bond donors (Lipinski definition) is 1. The zero-order chi connectivity index (χ0) is 18.2. The Bertz CT molecular complexity index is 723. The summed E-state index contributed by atoms with van der Waals surface area (Å²) in [7, 11) is 1.34. The molecule has 1 aromatic heterocycles. The Morgan fingerprint density at radius 1 is 1.15 bits per heavy atom. The first-order valence-electron chi connectivity index (χ1n) is 8.74. The third kappa shape index (κ3) is 5.07. The second kappa shape index (κ2) is 9.01. The van der Waals surface area contributed by atoms with E-state index in [1.54, 1.807) is 6.20 Å². The van der Waals surface area contributed by atoms with E-state index >= 15 is 0 Å². The van der Waals surface area contributed by atoms with Crippen molar-refractivity contribution >= 4 is 23.7 Å². The van der Waals surface area contributed by atoms with Gasteiger partial charge in [0.2, 0.25) is 0 Å². The van der Waals surface area contributed by atoms with Crippen molar-refractivity contribution in [1.29, 1.82) is 0 Å². The summed E-state index contributed by atoms with van der Waals surface area (Å²) in [4.78, 5) is 20.3. The lowest BCUT2D eigenvalue weighted by atomic mass is 10.2. The molecule has 0 atom stereocenters. The number of methoxy groups -OCH3 is 1. The minimum absolute atomic E-state index is 0.489. The Labute approximate surface area is 154 Å². The molecule has 6 heteroatoms. The quantitative estimate of drug-likeness (QED) is 0.896. The van der Waals surface area contributed by atoms with E-state index in [4.69, 9.17) is 0 Å². The van der Waals surface area contributed by atoms with E-state index in [2.05, 4.69) is 61.3 Å². The highest BCUT2D eigenvalue weighted by molar-refractivity contribution is 5.84. The largest absolute Gasteiger partial charge is 0.453 e. The van der Waals surface area contributed by atoms with Crippen molar-refractivity contribution in [2.24, 2.45) is 0 Å². The van der Waals surface area contributed by atoms with Gasteiger partial charge >= 0.3 is 6.09 Å². The molecule has 0 spiro atoms. The van der Waals surface area contributed by atoms with Crippen molar-refractivity contribution in [3.05, 3.63) is 60.3 Å². The molecule has 26 heavy (non-hydrogen) atoms. The number of nitrogens with zero attached hydrogens (tertiary/aromatic N) is 3. The van der Waals surface area contributed by atoms with Gasteiger partial charge in [-0.3, -0.25) is 10.2 Å². The molecule has 1 aromatic carbocycles. The molecule has 1 aliphatic rings. The van der Waals surface area contributed by atoms with E-state index in [0.29, 0.717) is 5.69 Å². The van der Waals surface area contributed by atoms with Crippen molar-refractivity contribution in [2.45, 2.75) is 0 Å². The van der Waals surface area contributed by atoms with Gasteiger partial charge in [0.25, 0.3) is 0 Å². The fraction of sp³-hybridized carbons (Fsp3) is 0.300. The number of amides is 1. The molecule has 1 N–H and O–H groups in total. The normalized spacial score (nSPS) is 15.2. The van der Waals surface area contributed by atoms with E-state index in [9.17, 15) is 4.79 Å². The predicted octanol–water partition coefficient (Wildman–Crippen LogP) is 3.10. The van der Waals surface area contributed by atoms with Gasteiger partial charge in [-0.15, -0.1) is 0 Å². The topological polar surface area (TPSA) is 57.7 Å². The summed E-state index contributed by atoms with van der Waals surface area (Å²) in [5.74, 6) is 0.930. The summed E-state index contributed by atoms with van der Waals surface area (Å²) >= 11 is 0. The lowest BCUT2D eigenvalue weighted by molar-refractivity contribution is 0.187. The summed E-state index contributed by atoms with van der Waals surface area (Å²) in [6.07, 6.45) is 5.55. The number of benzene rings is 1. The van der Waals surface area contributed by atoms with Crippen LogP contribution in [-0.2, 0) is 4.74 Å². The number of rotatable bonds is 5. The molecule has 0 saturated carbocycles. The fourth-order valence-corrected chi connectivity index (χ4v) is 2.88. The first kappa shape index (κ1) is 17.9. The minimum Gasteiger partial charge on any atom is -0.453 e. The maximum atomic E-state index is 11.2. The number of ether oxygens (including phenoxy) is 1. The van der Waals surface area contributed by atoms with Crippen LogP contribution in [0.25, 0.3) is 6.08 Å². The van der Waals surface area contributed by atoms with Crippen molar-refractivity contribution in [1.82, 2.24) is 9.88 Å². The minimum atomic E-state index is -0.489.